The molecule has 1 atom stereocenters. The van der Waals surface area contributed by atoms with Gasteiger partial charge < -0.3 is 4.74 Å². The summed E-state index contributed by atoms with van der Waals surface area (Å²) in [4.78, 5) is 27.0. The predicted molar refractivity (Wildman–Crippen MR) is 114 cm³/mol. The number of hydrogen-bond acceptors (Lipinski definition) is 5. The van der Waals surface area contributed by atoms with Crippen LogP contribution in [-0.4, -0.2) is 23.7 Å². The van der Waals surface area contributed by atoms with Gasteiger partial charge in [0.15, 0.2) is 5.57 Å². The maximum atomic E-state index is 13.3. The summed E-state index contributed by atoms with van der Waals surface area (Å²) in [6.07, 6.45) is 0.452. The van der Waals surface area contributed by atoms with E-state index in [1.807, 2.05) is 37.3 Å². The minimum absolute atomic E-state index is 0.147. The number of carbonyl (C=O) groups excluding carboxylic acids is 2. The van der Waals surface area contributed by atoms with Gasteiger partial charge in [0.1, 0.15) is 11.1 Å². The van der Waals surface area contributed by atoms with E-state index < -0.39 is 11.2 Å². The molecule has 1 saturated heterocycles. The van der Waals surface area contributed by atoms with Gasteiger partial charge in [-0.25, -0.2) is 4.79 Å². The van der Waals surface area contributed by atoms with E-state index in [1.54, 1.807) is 31.2 Å². The number of amides is 1. The smallest absolute Gasteiger partial charge is 0.351 e. The largest absolute Gasteiger partial charge is 0.462 e. The van der Waals surface area contributed by atoms with E-state index in [0.29, 0.717) is 22.2 Å². The second kappa shape index (κ2) is 9.17. The first-order valence-electron chi connectivity index (χ1n) is 9.07. The number of hydrogen-bond donors (Lipinski definition) is 0. The highest BCUT2D eigenvalue weighted by Gasteiger charge is 2.41. The van der Waals surface area contributed by atoms with Gasteiger partial charge in [0.2, 0.25) is 5.91 Å². The lowest BCUT2D eigenvalue weighted by molar-refractivity contribution is -0.138. The number of thioether (sulfide) groups is 1. The Balaban J connectivity index is 2.02. The van der Waals surface area contributed by atoms with Gasteiger partial charge in [0.25, 0.3) is 0 Å². The summed E-state index contributed by atoms with van der Waals surface area (Å²) in [6.45, 7) is 3.77. The van der Waals surface area contributed by atoms with E-state index in [1.165, 1.54) is 16.7 Å². The lowest BCUT2D eigenvalue weighted by Crippen LogP contribution is -2.30. The van der Waals surface area contributed by atoms with Crippen LogP contribution in [-0.2, 0) is 20.7 Å². The van der Waals surface area contributed by atoms with E-state index in [2.05, 4.69) is 0 Å². The Morgan fingerprint density at radius 2 is 1.86 bits per heavy atom. The summed E-state index contributed by atoms with van der Waals surface area (Å²) in [6, 6.07) is 16.6. The summed E-state index contributed by atoms with van der Waals surface area (Å²) in [5.41, 5.74) is 2.44. The van der Waals surface area contributed by atoms with E-state index >= 15 is 0 Å². The number of carbonyl (C=O) groups is 2. The molecule has 0 aromatic heterocycles. The number of halogens is 1. The number of anilines is 1. The predicted octanol–water partition coefficient (Wildman–Crippen LogP) is 4.64. The molecule has 0 N–H and O–H groups in total. The maximum Gasteiger partial charge on any atom is 0.351 e. The third-order valence-corrected chi connectivity index (χ3v) is 5.90. The van der Waals surface area contributed by atoms with Crippen molar-refractivity contribution >= 4 is 40.9 Å². The normalized spacial score (nSPS) is 17.8. The lowest BCUT2D eigenvalue weighted by atomic mass is 10.1. The molecule has 29 heavy (non-hydrogen) atoms. The zero-order valence-electron chi connectivity index (χ0n) is 16.0. The zero-order valence-corrected chi connectivity index (χ0v) is 17.6. The van der Waals surface area contributed by atoms with Crippen LogP contribution < -0.4 is 4.90 Å². The molecule has 1 aliphatic heterocycles. The fraction of sp³-hybridized carbons (Fsp3) is 0.227. The van der Waals surface area contributed by atoms with Crippen LogP contribution in [0.3, 0.4) is 0 Å². The summed E-state index contributed by atoms with van der Waals surface area (Å²) >= 11 is 7.16. The highest BCUT2D eigenvalue weighted by molar-refractivity contribution is 8.05. The Morgan fingerprint density at radius 3 is 2.45 bits per heavy atom. The molecule has 2 aromatic carbocycles. The van der Waals surface area contributed by atoms with Crippen LogP contribution in [0.5, 0.6) is 0 Å². The molecule has 0 saturated carbocycles. The van der Waals surface area contributed by atoms with Crippen LogP contribution in [0.1, 0.15) is 18.1 Å². The molecule has 1 unspecified atom stereocenters. The lowest BCUT2D eigenvalue weighted by Gasteiger charge is -2.18. The minimum atomic E-state index is -0.727. The molecule has 1 aliphatic rings. The molecule has 1 fully saturated rings. The zero-order chi connectivity index (χ0) is 21.0. The Kier molecular flexibility index (Phi) is 6.63. The maximum absolute atomic E-state index is 13.3. The van der Waals surface area contributed by atoms with Crippen LogP contribution in [0.15, 0.2) is 59.1 Å². The van der Waals surface area contributed by atoms with Crippen molar-refractivity contribution in [1.29, 1.82) is 5.26 Å². The number of rotatable bonds is 5. The van der Waals surface area contributed by atoms with Gasteiger partial charge in [-0.2, -0.15) is 5.26 Å². The Labute approximate surface area is 178 Å². The first-order chi connectivity index (χ1) is 13.9. The summed E-state index contributed by atoms with van der Waals surface area (Å²) in [5.74, 6) is -0.907. The van der Waals surface area contributed by atoms with Crippen LogP contribution >= 0.6 is 23.4 Å². The minimum Gasteiger partial charge on any atom is -0.462 e. The van der Waals surface area contributed by atoms with Crippen molar-refractivity contribution in [2.24, 2.45) is 0 Å². The Hall–Kier alpha value is -2.75. The summed E-state index contributed by atoms with van der Waals surface area (Å²) < 4.78 is 5.03. The van der Waals surface area contributed by atoms with Crippen molar-refractivity contribution in [1.82, 2.24) is 0 Å². The topological polar surface area (TPSA) is 70.4 Å². The van der Waals surface area contributed by atoms with Crippen molar-refractivity contribution in [2.75, 3.05) is 11.5 Å². The van der Waals surface area contributed by atoms with Crippen molar-refractivity contribution in [3.8, 4) is 6.07 Å². The fourth-order valence-corrected chi connectivity index (χ4v) is 4.36. The van der Waals surface area contributed by atoms with Crippen molar-refractivity contribution in [2.45, 2.75) is 25.5 Å². The summed E-state index contributed by atoms with van der Waals surface area (Å²) in [7, 11) is 0. The highest BCUT2D eigenvalue weighted by atomic mass is 35.5. The molecular weight excluding hydrogens is 408 g/mol. The number of benzene rings is 2. The van der Waals surface area contributed by atoms with Gasteiger partial charge in [0.05, 0.1) is 11.9 Å². The number of ether oxygens (including phenoxy) is 1. The van der Waals surface area contributed by atoms with Crippen LogP contribution in [0.2, 0.25) is 5.02 Å². The second-order valence-corrected chi connectivity index (χ2v) is 8.09. The average Bonchev–Trinajstić information content (AvgIpc) is 3.01. The first kappa shape index (κ1) is 21.0. The SMILES string of the molecule is CCOC(=O)/C(C#N)=C1\SC(Cc2ccc(Cl)cc2)C(=O)N1c1ccc(C)cc1. The highest BCUT2D eigenvalue weighted by Crippen LogP contribution is 2.42. The molecule has 7 heteroatoms. The molecule has 3 rings (SSSR count). The number of nitriles is 1. The average molecular weight is 427 g/mol. The Bertz CT molecular complexity index is 994. The van der Waals surface area contributed by atoms with Gasteiger partial charge in [-0.05, 0) is 50.1 Å². The molecule has 0 aliphatic carbocycles. The van der Waals surface area contributed by atoms with Crippen molar-refractivity contribution < 1.29 is 14.3 Å². The van der Waals surface area contributed by atoms with Gasteiger partial charge in [-0.15, -0.1) is 0 Å². The standard InChI is InChI=1S/C22H19ClN2O3S/c1-3-28-22(27)18(13-24)21-25(17-10-4-14(2)5-11-17)20(26)19(29-21)12-15-6-8-16(23)9-7-15/h4-11,19H,3,12H2,1-2H3/b21-18-. The molecule has 1 heterocycles. The molecule has 5 nitrogen and oxygen atoms in total. The third-order valence-electron chi connectivity index (χ3n) is 4.38. The molecule has 2 aromatic rings. The third kappa shape index (κ3) is 4.64. The molecular formula is C22H19ClN2O3S. The summed E-state index contributed by atoms with van der Waals surface area (Å²) in [5, 5.41) is 10.1. The van der Waals surface area contributed by atoms with Crippen LogP contribution in [0.25, 0.3) is 0 Å². The molecule has 1 amide bonds. The number of aryl methyl sites for hydroxylation is 1. The van der Waals surface area contributed by atoms with Crippen molar-refractivity contribution in [3.05, 3.63) is 75.3 Å². The van der Waals surface area contributed by atoms with E-state index in [4.69, 9.17) is 16.3 Å². The van der Waals surface area contributed by atoms with Gasteiger partial charge >= 0.3 is 5.97 Å². The van der Waals surface area contributed by atoms with E-state index in [0.717, 1.165) is 11.1 Å². The number of nitrogens with zero attached hydrogens (tertiary/aromatic N) is 2. The van der Waals surface area contributed by atoms with Gasteiger partial charge in [0, 0.05) is 10.7 Å². The quantitative estimate of drug-likeness (QED) is 0.395. The van der Waals surface area contributed by atoms with Crippen molar-refractivity contribution in [3.63, 3.8) is 0 Å². The fourth-order valence-electron chi connectivity index (χ4n) is 2.94. The number of esters is 1. The molecule has 0 spiro atoms. The van der Waals surface area contributed by atoms with E-state index in [9.17, 15) is 14.9 Å². The van der Waals surface area contributed by atoms with Crippen LogP contribution in [0, 0.1) is 18.3 Å². The molecule has 0 radical (unpaired) electrons. The van der Waals surface area contributed by atoms with Crippen LogP contribution in [0.4, 0.5) is 5.69 Å². The van der Waals surface area contributed by atoms with Gasteiger partial charge in [-0.3, -0.25) is 9.69 Å². The van der Waals surface area contributed by atoms with E-state index in [-0.39, 0.29) is 18.1 Å². The molecule has 0 bridgehead atoms. The second-order valence-electron chi connectivity index (χ2n) is 6.46. The Morgan fingerprint density at radius 1 is 1.21 bits per heavy atom. The molecule has 148 valence electrons. The van der Waals surface area contributed by atoms with Gasteiger partial charge in [-0.1, -0.05) is 53.2 Å². The first-order valence-corrected chi connectivity index (χ1v) is 10.3. The monoisotopic (exact) mass is 426 g/mol.